The molecule has 22 heavy (non-hydrogen) atoms. The van der Waals surface area contributed by atoms with E-state index in [2.05, 4.69) is 10.1 Å². The number of quaternary nitrogens is 1. The van der Waals surface area contributed by atoms with Gasteiger partial charge in [0, 0.05) is 13.2 Å². The van der Waals surface area contributed by atoms with Gasteiger partial charge >= 0.3 is 12.1 Å². The number of carbonyl (C=O) groups is 1. The van der Waals surface area contributed by atoms with Crippen LogP contribution in [0.25, 0.3) is 0 Å². The molecule has 9 heteroatoms. The van der Waals surface area contributed by atoms with Gasteiger partial charge in [-0.3, -0.25) is 0 Å². The summed E-state index contributed by atoms with van der Waals surface area (Å²) in [4.78, 5) is 14.8. The molecule has 0 spiro atoms. The summed E-state index contributed by atoms with van der Waals surface area (Å²) in [5, 5.41) is 13.3. The predicted molar refractivity (Wildman–Crippen MR) is 72.0 cm³/mol. The maximum absolute atomic E-state index is 12.7. The Morgan fingerprint density at radius 1 is 1.41 bits per heavy atom. The molecule has 0 aromatic carbocycles. The van der Waals surface area contributed by atoms with E-state index in [1.54, 1.807) is 0 Å². The lowest BCUT2D eigenvalue weighted by Crippen LogP contribution is -2.32. The van der Waals surface area contributed by atoms with Crippen molar-refractivity contribution in [1.82, 2.24) is 9.58 Å². The highest BCUT2D eigenvalue weighted by Crippen LogP contribution is 2.32. The Morgan fingerprint density at radius 3 is 2.64 bits per heavy atom. The SMILES string of the molecule is COCC1=N[N+](C)(c2cccc(C(F)(F)F)n2)C=C1C(=O)O. The van der Waals surface area contributed by atoms with E-state index in [-0.39, 0.29) is 23.7 Å². The van der Waals surface area contributed by atoms with Crippen LogP contribution in [0.4, 0.5) is 19.0 Å². The van der Waals surface area contributed by atoms with Crippen LogP contribution in [0.15, 0.2) is 35.1 Å². The maximum Gasteiger partial charge on any atom is 0.433 e. The first-order valence-electron chi connectivity index (χ1n) is 6.13. The van der Waals surface area contributed by atoms with Crippen molar-refractivity contribution in [2.24, 2.45) is 5.10 Å². The van der Waals surface area contributed by atoms with Crippen molar-refractivity contribution in [3.63, 3.8) is 0 Å². The lowest BCUT2D eigenvalue weighted by atomic mass is 10.2. The van der Waals surface area contributed by atoms with Crippen LogP contribution in [0.5, 0.6) is 0 Å². The van der Waals surface area contributed by atoms with Crippen LogP contribution in [0.2, 0.25) is 0 Å². The summed E-state index contributed by atoms with van der Waals surface area (Å²) < 4.78 is 42.6. The van der Waals surface area contributed by atoms with Gasteiger partial charge in [-0.15, -0.1) is 4.59 Å². The number of aromatic nitrogens is 1. The zero-order valence-corrected chi connectivity index (χ0v) is 11.8. The maximum atomic E-state index is 12.7. The van der Waals surface area contributed by atoms with Crippen LogP contribution in [0, 0.1) is 0 Å². The number of carboxylic acid groups (broad SMARTS) is 1. The Hall–Kier alpha value is -2.26. The molecule has 1 aliphatic heterocycles. The molecule has 1 unspecified atom stereocenters. The van der Waals surface area contributed by atoms with E-state index in [1.165, 1.54) is 32.5 Å². The van der Waals surface area contributed by atoms with E-state index < -0.39 is 22.4 Å². The van der Waals surface area contributed by atoms with Gasteiger partial charge in [0.1, 0.15) is 24.5 Å². The van der Waals surface area contributed by atoms with Crippen LogP contribution >= 0.6 is 0 Å². The Balaban J connectivity index is 2.50. The molecule has 118 valence electrons. The summed E-state index contributed by atoms with van der Waals surface area (Å²) in [6.07, 6.45) is -3.37. The molecule has 1 aromatic heterocycles. The summed E-state index contributed by atoms with van der Waals surface area (Å²) >= 11 is 0. The van der Waals surface area contributed by atoms with Gasteiger partial charge in [-0.05, 0) is 6.07 Å². The lowest BCUT2D eigenvalue weighted by Gasteiger charge is -2.19. The molecule has 1 atom stereocenters. The van der Waals surface area contributed by atoms with E-state index in [4.69, 9.17) is 9.84 Å². The molecule has 2 heterocycles. The number of halogens is 3. The molecule has 0 radical (unpaired) electrons. The van der Waals surface area contributed by atoms with Gasteiger partial charge in [-0.2, -0.15) is 18.2 Å². The number of aliphatic carboxylic acids is 1. The van der Waals surface area contributed by atoms with Gasteiger partial charge in [0.15, 0.2) is 5.69 Å². The molecule has 2 rings (SSSR count). The topological polar surface area (TPSA) is 71.8 Å². The van der Waals surface area contributed by atoms with Gasteiger partial charge in [-0.25, -0.2) is 4.79 Å². The van der Waals surface area contributed by atoms with E-state index in [0.717, 1.165) is 6.07 Å². The minimum Gasteiger partial charge on any atom is -0.477 e. The van der Waals surface area contributed by atoms with Crippen LogP contribution in [-0.2, 0) is 15.7 Å². The highest BCUT2D eigenvalue weighted by Gasteiger charge is 2.40. The minimum absolute atomic E-state index is 0.0420. The molecule has 0 fully saturated rings. The highest BCUT2D eigenvalue weighted by molar-refractivity contribution is 6.21. The third kappa shape index (κ3) is 3.00. The summed E-state index contributed by atoms with van der Waals surface area (Å²) in [7, 11) is 2.81. The number of carboxylic acids is 1. The standard InChI is InChI=1S/C13H12F3N3O3/c1-19(6-8(12(20)21)9(18-19)7-22-2)11-5-3-4-10(17-11)13(14,15)16/h3-6H,7H2,1-2H3/p+1. The molecule has 1 aromatic rings. The number of hydrogen-bond acceptors (Lipinski definition) is 4. The van der Waals surface area contributed by atoms with Gasteiger partial charge in [0.25, 0.3) is 5.82 Å². The number of ether oxygens (including phenoxy) is 1. The smallest absolute Gasteiger partial charge is 0.433 e. The number of rotatable bonds is 4. The highest BCUT2D eigenvalue weighted by atomic mass is 19.4. The van der Waals surface area contributed by atoms with E-state index >= 15 is 0 Å². The Morgan fingerprint density at radius 2 is 2.09 bits per heavy atom. The van der Waals surface area contributed by atoms with Crippen molar-refractivity contribution in [1.29, 1.82) is 0 Å². The van der Waals surface area contributed by atoms with Crippen molar-refractivity contribution in [2.75, 3.05) is 20.8 Å². The number of hydrogen-bond donors (Lipinski definition) is 1. The number of nitrogens with zero attached hydrogens (tertiary/aromatic N) is 3. The molecular formula is C13H13F3N3O3+. The Labute approximate surface area is 123 Å². The van der Waals surface area contributed by atoms with Gasteiger partial charge < -0.3 is 9.84 Å². The van der Waals surface area contributed by atoms with Crippen molar-refractivity contribution >= 4 is 17.5 Å². The van der Waals surface area contributed by atoms with Crippen LogP contribution in [0.3, 0.4) is 0 Å². The first-order chi connectivity index (χ1) is 10.2. The summed E-state index contributed by atoms with van der Waals surface area (Å²) in [6.45, 7) is -0.0645. The third-order valence-electron chi connectivity index (χ3n) is 3.02. The average molecular weight is 316 g/mol. The van der Waals surface area contributed by atoms with Crippen LogP contribution in [0.1, 0.15) is 5.69 Å². The van der Waals surface area contributed by atoms with Gasteiger partial charge in [-0.1, -0.05) is 11.2 Å². The summed E-state index contributed by atoms with van der Waals surface area (Å²) in [5.74, 6) is -1.27. The molecule has 0 bridgehead atoms. The number of methoxy groups -OCH3 is 1. The number of alkyl halides is 3. The Bertz CT molecular complexity index is 670. The van der Waals surface area contributed by atoms with Crippen molar-refractivity contribution in [3.05, 3.63) is 35.7 Å². The van der Waals surface area contributed by atoms with Gasteiger partial charge in [0.2, 0.25) is 0 Å². The van der Waals surface area contributed by atoms with E-state index in [9.17, 15) is 18.0 Å². The molecule has 0 saturated carbocycles. The molecule has 0 aliphatic carbocycles. The second-order valence-electron chi connectivity index (χ2n) is 4.73. The zero-order chi connectivity index (χ0) is 16.5. The van der Waals surface area contributed by atoms with Gasteiger partial charge in [0.05, 0.1) is 6.61 Å². The fourth-order valence-electron chi connectivity index (χ4n) is 2.03. The van der Waals surface area contributed by atoms with Crippen LogP contribution in [-0.4, -0.2) is 42.5 Å². The molecule has 1 aliphatic rings. The predicted octanol–water partition coefficient (Wildman–Crippen LogP) is 2.02. The second-order valence-corrected chi connectivity index (χ2v) is 4.73. The monoisotopic (exact) mass is 316 g/mol. The fourth-order valence-corrected chi connectivity index (χ4v) is 2.03. The van der Waals surface area contributed by atoms with Crippen molar-refractivity contribution < 1.29 is 27.8 Å². The second kappa shape index (κ2) is 5.50. The Kier molecular flexibility index (Phi) is 4.03. The molecule has 1 N–H and O–H groups in total. The first-order valence-corrected chi connectivity index (χ1v) is 6.13. The molecular weight excluding hydrogens is 303 g/mol. The largest absolute Gasteiger partial charge is 0.477 e. The van der Waals surface area contributed by atoms with Crippen molar-refractivity contribution in [3.8, 4) is 0 Å². The number of pyridine rings is 1. The normalized spacial score (nSPS) is 21.5. The third-order valence-corrected chi connectivity index (χ3v) is 3.02. The van der Waals surface area contributed by atoms with E-state index in [0.29, 0.717) is 0 Å². The van der Waals surface area contributed by atoms with E-state index in [1.807, 2.05) is 0 Å². The molecule has 6 nitrogen and oxygen atoms in total. The average Bonchev–Trinajstić information content (AvgIpc) is 2.77. The summed E-state index contributed by atoms with van der Waals surface area (Å²) in [6, 6.07) is 3.39. The fraction of sp³-hybridized carbons (Fsp3) is 0.308. The summed E-state index contributed by atoms with van der Waals surface area (Å²) in [5.41, 5.74) is -1.05. The molecule has 0 saturated heterocycles. The first kappa shape index (κ1) is 16.1. The zero-order valence-electron chi connectivity index (χ0n) is 11.8. The van der Waals surface area contributed by atoms with Crippen molar-refractivity contribution in [2.45, 2.75) is 6.18 Å². The quantitative estimate of drug-likeness (QED) is 0.863. The molecule has 0 amide bonds. The van der Waals surface area contributed by atoms with Crippen LogP contribution < -0.4 is 4.59 Å². The minimum atomic E-state index is -4.59. The lowest BCUT2D eigenvalue weighted by molar-refractivity contribution is -0.141.